The summed E-state index contributed by atoms with van der Waals surface area (Å²) in [5, 5.41) is 20.1. The van der Waals surface area contributed by atoms with Gasteiger partial charge in [-0.05, 0) is 18.2 Å². The Labute approximate surface area is 189 Å². The zero-order valence-corrected chi connectivity index (χ0v) is 18.2. The van der Waals surface area contributed by atoms with Crippen LogP contribution in [0.3, 0.4) is 0 Å². The summed E-state index contributed by atoms with van der Waals surface area (Å²) in [6.45, 7) is 4.72. The monoisotopic (exact) mass is 444 g/mol. The molecule has 166 valence electrons. The van der Waals surface area contributed by atoms with Crippen molar-refractivity contribution in [1.82, 2.24) is 29.5 Å². The Hall–Kier alpha value is -4.39. The van der Waals surface area contributed by atoms with Gasteiger partial charge in [-0.2, -0.15) is 10.4 Å². The number of halogens is 1. The number of hydrogen-bond donors (Lipinski definition) is 2. The van der Waals surface area contributed by atoms with Gasteiger partial charge in [0.25, 0.3) is 0 Å². The minimum Gasteiger partial charge on any atom is -0.493 e. The summed E-state index contributed by atoms with van der Waals surface area (Å²) in [7, 11) is 3.60. The number of nitriles is 1. The fraction of sp³-hybridized carbons (Fsp3) is 0.217. The summed E-state index contributed by atoms with van der Waals surface area (Å²) in [6.07, 6.45) is 3.94. The van der Waals surface area contributed by atoms with Gasteiger partial charge in [0.15, 0.2) is 11.3 Å². The van der Waals surface area contributed by atoms with Crippen molar-refractivity contribution >= 4 is 17.3 Å². The molecule has 0 bridgehead atoms. The molecule has 4 aromatic rings. The molecule has 0 saturated heterocycles. The van der Waals surface area contributed by atoms with Crippen molar-refractivity contribution in [2.45, 2.75) is 13.0 Å². The van der Waals surface area contributed by atoms with Crippen LogP contribution in [-0.2, 0) is 20.0 Å². The van der Waals surface area contributed by atoms with Crippen LogP contribution in [0.1, 0.15) is 22.5 Å². The highest BCUT2D eigenvalue weighted by Crippen LogP contribution is 2.31. The molecule has 0 saturated carbocycles. The van der Waals surface area contributed by atoms with Gasteiger partial charge in [-0.1, -0.05) is 6.58 Å². The smallest absolute Gasteiger partial charge is 0.208 e. The van der Waals surface area contributed by atoms with Gasteiger partial charge in [0, 0.05) is 44.4 Å². The third-order valence-corrected chi connectivity index (χ3v) is 5.74. The van der Waals surface area contributed by atoms with Crippen molar-refractivity contribution in [2.75, 3.05) is 19.0 Å². The number of fused-ring (bicyclic) bond motifs is 2. The van der Waals surface area contributed by atoms with E-state index in [1.165, 1.54) is 6.07 Å². The molecule has 33 heavy (non-hydrogen) atoms. The van der Waals surface area contributed by atoms with E-state index in [1.54, 1.807) is 34.6 Å². The number of imidazole rings is 1. The van der Waals surface area contributed by atoms with Crippen LogP contribution in [0, 0.1) is 17.1 Å². The van der Waals surface area contributed by atoms with Crippen LogP contribution in [0.2, 0.25) is 0 Å². The van der Waals surface area contributed by atoms with Crippen LogP contribution in [0.5, 0.6) is 5.75 Å². The number of rotatable bonds is 6. The van der Waals surface area contributed by atoms with E-state index in [0.29, 0.717) is 52.9 Å². The van der Waals surface area contributed by atoms with E-state index in [-0.39, 0.29) is 18.1 Å². The number of anilines is 1. The molecule has 1 aliphatic rings. The molecule has 0 fully saturated rings. The Morgan fingerprint density at radius 1 is 1.39 bits per heavy atom. The highest BCUT2D eigenvalue weighted by atomic mass is 19.1. The summed E-state index contributed by atoms with van der Waals surface area (Å²) >= 11 is 0. The van der Waals surface area contributed by atoms with Crippen LogP contribution in [0.4, 0.5) is 10.3 Å². The summed E-state index contributed by atoms with van der Waals surface area (Å²) in [5.74, 6) is 0.863. The Bertz CT molecular complexity index is 1450. The molecule has 1 aromatic carbocycles. The second-order valence-electron chi connectivity index (χ2n) is 7.65. The Morgan fingerprint density at radius 3 is 3.03 bits per heavy atom. The van der Waals surface area contributed by atoms with Crippen molar-refractivity contribution in [3.05, 3.63) is 65.5 Å². The van der Waals surface area contributed by atoms with Crippen LogP contribution >= 0.6 is 0 Å². The second kappa shape index (κ2) is 7.94. The molecule has 3 aromatic heterocycles. The van der Waals surface area contributed by atoms with Crippen molar-refractivity contribution in [3.8, 4) is 23.1 Å². The number of nitrogens with zero attached hydrogens (tertiary/aromatic N) is 6. The molecule has 0 amide bonds. The van der Waals surface area contributed by atoms with Gasteiger partial charge in [0.2, 0.25) is 5.95 Å². The molecule has 2 N–H and O–H groups in total. The molecule has 0 radical (unpaired) electrons. The van der Waals surface area contributed by atoms with Crippen LogP contribution in [0.25, 0.3) is 22.6 Å². The van der Waals surface area contributed by atoms with E-state index in [9.17, 15) is 9.65 Å². The first-order valence-electron chi connectivity index (χ1n) is 10.4. The maximum absolute atomic E-state index is 14.5. The molecule has 9 nitrogen and oxygen atoms in total. The van der Waals surface area contributed by atoms with Gasteiger partial charge in [-0.3, -0.25) is 9.08 Å². The number of hydrogen-bond acceptors (Lipinski definition) is 7. The van der Waals surface area contributed by atoms with E-state index < -0.39 is 0 Å². The predicted molar refractivity (Wildman–Crippen MR) is 121 cm³/mol. The van der Waals surface area contributed by atoms with Crippen LogP contribution in [0.15, 0.2) is 37.2 Å². The second-order valence-corrected chi connectivity index (χ2v) is 7.65. The van der Waals surface area contributed by atoms with E-state index in [1.807, 2.05) is 13.1 Å². The highest BCUT2D eigenvalue weighted by molar-refractivity contribution is 5.78. The number of ether oxygens (including phenoxy) is 1. The first kappa shape index (κ1) is 20.5. The largest absolute Gasteiger partial charge is 0.493 e. The summed E-state index contributed by atoms with van der Waals surface area (Å²) in [6, 6.07) is 7.03. The van der Waals surface area contributed by atoms with E-state index in [2.05, 4.69) is 38.3 Å². The lowest BCUT2D eigenvalue weighted by molar-refractivity contribution is 0.356. The van der Waals surface area contributed by atoms with Gasteiger partial charge in [0.05, 0.1) is 29.8 Å². The number of aryl methyl sites for hydroxylation is 1. The summed E-state index contributed by atoms with van der Waals surface area (Å²) < 4.78 is 23.5. The fourth-order valence-corrected chi connectivity index (χ4v) is 4.01. The highest BCUT2D eigenvalue weighted by Gasteiger charge is 2.21. The standard InChI is InChI=1S/C23H21FN8O/c1-13(26-2)19-8-20(31(3)30-19)17-11-28-23(32-12-14(9-25)29-22(17)32)27-10-16-15-6-7-33-21(15)5-4-18(16)24/h4-5,8,11-12,26H,1,6-7,10H2,2-3H3,(H,27,28). The lowest BCUT2D eigenvalue weighted by Crippen LogP contribution is -2.10. The normalized spacial score (nSPS) is 12.3. The molecule has 5 rings (SSSR count). The minimum atomic E-state index is -0.296. The molecule has 0 atom stereocenters. The number of benzene rings is 1. The maximum Gasteiger partial charge on any atom is 0.208 e. The predicted octanol–water partition coefficient (Wildman–Crippen LogP) is 2.88. The molecular formula is C23H21FN8O. The van der Waals surface area contributed by atoms with E-state index in [0.717, 1.165) is 11.3 Å². The van der Waals surface area contributed by atoms with Gasteiger partial charge < -0.3 is 15.4 Å². The zero-order chi connectivity index (χ0) is 23.1. The Balaban J connectivity index is 1.55. The first-order chi connectivity index (χ1) is 16.0. The maximum atomic E-state index is 14.5. The average Bonchev–Trinajstić information content (AvgIpc) is 3.55. The molecule has 0 aliphatic carbocycles. The number of aromatic nitrogens is 5. The van der Waals surface area contributed by atoms with Crippen molar-refractivity contribution in [1.29, 1.82) is 5.26 Å². The molecular weight excluding hydrogens is 423 g/mol. The topological polar surface area (TPSA) is 105 Å². The SMILES string of the molecule is C=C(NC)c1cc(-c2cnc(NCc3c(F)ccc4c3CCO4)n3cc(C#N)nc23)n(C)n1. The quantitative estimate of drug-likeness (QED) is 0.471. The van der Waals surface area contributed by atoms with Crippen molar-refractivity contribution < 1.29 is 9.13 Å². The van der Waals surface area contributed by atoms with E-state index >= 15 is 0 Å². The zero-order valence-electron chi connectivity index (χ0n) is 18.2. The lowest BCUT2D eigenvalue weighted by Gasteiger charge is -2.13. The molecule has 0 unspecified atom stereocenters. The minimum absolute atomic E-state index is 0.220. The summed E-state index contributed by atoms with van der Waals surface area (Å²) in [4.78, 5) is 9.02. The fourth-order valence-electron chi connectivity index (χ4n) is 4.01. The van der Waals surface area contributed by atoms with Gasteiger partial charge in [-0.15, -0.1) is 0 Å². The third-order valence-electron chi connectivity index (χ3n) is 5.74. The van der Waals surface area contributed by atoms with Crippen LogP contribution < -0.4 is 15.4 Å². The Kier molecular flexibility index (Phi) is 4.94. The Morgan fingerprint density at radius 2 is 2.24 bits per heavy atom. The molecule has 10 heteroatoms. The van der Waals surface area contributed by atoms with Gasteiger partial charge in [0.1, 0.15) is 23.3 Å². The molecule has 4 heterocycles. The average molecular weight is 444 g/mol. The molecule has 1 aliphatic heterocycles. The summed E-state index contributed by atoms with van der Waals surface area (Å²) in [5.41, 5.74) is 5.04. The molecule has 0 spiro atoms. The first-order valence-corrected chi connectivity index (χ1v) is 10.4. The third kappa shape index (κ3) is 3.43. The van der Waals surface area contributed by atoms with E-state index in [4.69, 9.17) is 4.74 Å². The van der Waals surface area contributed by atoms with Crippen molar-refractivity contribution in [2.24, 2.45) is 7.05 Å². The number of nitrogens with one attached hydrogen (secondary N) is 2. The van der Waals surface area contributed by atoms with Crippen molar-refractivity contribution in [3.63, 3.8) is 0 Å². The lowest BCUT2D eigenvalue weighted by atomic mass is 10.0. The van der Waals surface area contributed by atoms with Gasteiger partial charge >= 0.3 is 0 Å². The van der Waals surface area contributed by atoms with Gasteiger partial charge in [-0.25, -0.2) is 14.4 Å². The van der Waals surface area contributed by atoms with Crippen LogP contribution in [-0.4, -0.2) is 37.8 Å².